The molecule has 26 heavy (non-hydrogen) atoms. The molecule has 0 aromatic heterocycles. The Morgan fingerprint density at radius 1 is 0.962 bits per heavy atom. The van der Waals surface area contributed by atoms with E-state index in [-0.39, 0.29) is 12.2 Å². The van der Waals surface area contributed by atoms with Crippen molar-refractivity contribution in [2.24, 2.45) is 0 Å². The van der Waals surface area contributed by atoms with Crippen LogP contribution in [0.25, 0.3) is 0 Å². The average molecular weight is 366 g/mol. The molecule has 9 heteroatoms. The fraction of sp³-hybridized carbons (Fsp3) is 0.412. The summed E-state index contributed by atoms with van der Waals surface area (Å²) < 4.78 is 14.4. The van der Waals surface area contributed by atoms with Crippen LogP contribution in [0.1, 0.15) is 38.1 Å². The van der Waals surface area contributed by atoms with Crippen LogP contribution in [0.4, 0.5) is 15.3 Å². The molecule has 0 spiro atoms. The van der Waals surface area contributed by atoms with Gasteiger partial charge in [-0.15, -0.1) is 0 Å². The van der Waals surface area contributed by atoms with E-state index in [9.17, 15) is 19.2 Å². The number of anilines is 1. The maximum Gasteiger partial charge on any atom is 0.413 e. The van der Waals surface area contributed by atoms with Crippen molar-refractivity contribution >= 4 is 29.8 Å². The Hall–Kier alpha value is -3.10. The van der Waals surface area contributed by atoms with E-state index in [1.54, 1.807) is 27.7 Å². The zero-order valence-corrected chi connectivity index (χ0v) is 15.1. The quantitative estimate of drug-likeness (QED) is 0.606. The maximum atomic E-state index is 11.9. The molecule has 2 N–H and O–H groups in total. The molecule has 0 bridgehead atoms. The zero-order valence-electron chi connectivity index (χ0n) is 15.1. The molecule has 9 nitrogen and oxygen atoms in total. The predicted molar refractivity (Wildman–Crippen MR) is 91.7 cm³/mol. The van der Waals surface area contributed by atoms with Gasteiger partial charge in [-0.3, -0.25) is 15.4 Å². The van der Waals surface area contributed by atoms with Crippen molar-refractivity contribution < 1.29 is 33.4 Å². The van der Waals surface area contributed by atoms with Crippen LogP contribution in [0, 0.1) is 0 Å². The second-order valence-corrected chi connectivity index (χ2v) is 6.05. The number of amides is 3. The number of esters is 1. The van der Waals surface area contributed by atoms with Gasteiger partial charge in [-0.2, -0.15) is 0 Å². The molecule has 0 heterocycles. The lowest BCUT2D eigenvalue weighted by atomic mass is 10.2. The average Bonchev–Trinajstić information content (AvgIpc) is 2.51. The van der Waals surface area contributed by atoms with Gasteiger partial charge < -0.3 is 14.2 Å². The van der Waals surface area contributed by atoms with Crippen molar-refractivity contribution in [1.82, 2.24) is 5.32 Å². The molecule has 0 fully saturated rings. The topological polar surface area (TPSA) is 120 Å². The first-order valence-corrected chi connectivity index (χ1v) is 7.84. The Morgan fingerprint density at radius 2 is 1.58 bits per heavy atom. The van der Waals surface area contributed by atoms with Gasteiger partial charge in [-0.1, -0.05) is 0 Å². The number of imide groups is 1. The van der Waals surface area contributed by atoms with E-state index in [0.29, 0.717) is 5.69 Å². The van der Waals surface area contributed by atoms with Gasteiger partial charge in [0.1, 0.15) is 5.60 Å². The van der Waals surface area contributed by atoms with Gasteiger partial charge in [-0.25, -0.2) is 14.4 Å². The van der Waals surface area contributed by atoms with Crippen LogP contribution in [0.5, 0.6) is 0 Å². The zero-order chi connectivity index (χ0) is 19.7. The van der Waals surface area contributed by atoms with Gasteiger partial charge in [-0.05, 0) is 52.0 Å². The molecule has 0 aliphatic rings. The van der Waals surface area contributed by atoms with Crippen molar-refractivity contribution in [3.63, 3.8) is 0 Å². The number of alkyl carbamates (subject to hydrolysis) is 1. The van der Waals surface area contributed by atoms with Gasteiger partial charge in [0.25, 0.3) is 5.91 Å². The number of carbonyl (C=O) groups is 4. The van der Waals surface area contributed by atoms with Crippen molar-refractivity contribution in [2.45, 2.75) is 33.3 Å². The first-order valence-electron chi connectivity index (χ1n) is 7.84. The standard InChI is InChI=1S/C17H22N2O7/c1-5-24-15(22)19-13(20)10-25-14(21)11-6-8-12(9-7-11)18-16(23)26-17(2,3)4/h6-9H,5,10H2,1-4H3,(H,18,23)(H,19,20,22). The number of rotatable bonds is 5. The summed E-state index contributed by atoms with van der Waals surface area (Å²) in [4.78, 5) is 45.9. The van der Waals surface area contributed by atoms with Crippen LogP contribution in [-0.2, 0) is 19.0 Å². The van der Waals surface area contributed by atoms with Crippen molar-refractivity contribution in [3.8, 4) is 0 Å². The molecular weight excluding hydrogens is 344 g/mol. The Balaban J connectivity index is 2.50. The molecule has 1 aromatic carbocycles. The number of hydrogen-bond donors (Lipinski definition) is 2. The SMILES string of the molecule is CCOC(=O)NC(=O)COC(=O)c1ccc(NC(=O)OC(C)(C)C)cc1. The summed E-state index contributed by atoms with van der Waals surface area (Å²) >= 11 is 0. The molecule has 0 saturated heterocycles. The molecular formula is C17H22N2O7. The highest BCUT2D eigenvalue weighted by Crippen LogP contribution is 2.13. The van der Waals surface area contributed by atoms with E-state index in [4.69, 9.17) is 9.47 Å². The minimum absolute atomic E-state index is 0.114. The number of carbonyl (C=O) groups excluding carboxylic acids is 4. The summed E-state index contributed by atoms with van der Waals surface area (Å²) in [5.41, 5.74) is -0.0302. The third-order valence-electron chi connectivity index (χ3n) is 2.62. The van der Waals surface area contributed by atoms with Crippen LogP contribution in [0.3, 0.4) is 0 Å². The summed E-state index contributed by atoms with van der Waals surface area (Å²) in [7, 11) is 0. The second-order valence-electron chi connectivity index (χ2n) is 6.05. The van der Waals surface area contributed by atoms with Crippen LogP contribution in [0.2, 0.25) is 0 Å². The summed E-state index contributed by atoms with van der Waals surface area (Å²) in [6.45, 7) is 6.29. The highest BCUT2D eigenvalue weighted by atomic mass is 16.6. The van der Waals surface area contributed by atoms with Crippen molar-refractivity contribution in [1.29, 1.82) is 0 Å². The third-order valence-corrected chi connectivity index (χ3v) is 2.62. The smallest absolute Gasteiger partial charge is 0.413 e. The largest absolute Gasteiger partial charge is 0.452 e. The maximum absolute atomic E-state index is 11.9. The fourth-order valence-electron chi connectivity index (χ4n) is 1.64. The molecule has 142 valence electrons. The number of hydrogen-bond acceptors (Lipinski definition) is 7. The summed E-state index contributed by atoms with van der Waals surface area (Å²) in [5.74, 6) is -1.56. The third kappa shape index (κ3) is 8.13. The van der Waals surface area contributed by atoms with E-state index in [1.165, 1.54) is 24.3 Å². The lowest BCUT2D eigenvalue weighted by molar-refractivity contribution is -0.123. The van der Waals surface area contributed by atoms with E-state index >= 15 is 0 Å². The summed E-state index contributed by atoms with van der Waals surface area (Å²) in [6.07, 6.45) is -1.53. The molecule has 1 rings (SSSR count). The van der Waals surface area contributed by atoms with Gasteiger partial charge in [0.15, 0.2) is 6.61 Å². The minimum Gasteiger partial charge on any atom is -0.452 e. The van der Waals surface area contributed by atoms with Crippen LogP contribution in [0.15, 0.2) is 24.3 Å². The van der Waals surface area contributed by atoms with Crippen molar-refractivity contribution in [2.75, 3.05) is 18.5 Å². The molecule has 0 saturated carbocycles. The normalized spacial score (nSPS) is 10.5. The number of ether oxygens (including phenoxy) is 3. The Bertz CT molecular complexity index is 663. The second kappa shape index (κ2) is 9.40. The Labute approximate surface area is 151 Å². The van der Waals surface area contributed by atoms with Crippen molar-refractivity contribution in [3.05, 3.63) is 29.8 Å². The van der Waals surface area contributed by atoms with Gasteiger partial charge in [0, 0.05) is 5.69 Å². The highest BCUT2D eigenvalue weighted by molar-refractivity contribution is 5.95. The van der Waals surface area contributed by atoms with Crippen LogP contribution >= 0.6 is 0 Å². The van der Waals surface area contributed by atoms with E-state index in [1.807, 2.05) is 5.32 Å². The fourth-order valence-corrected chi connectivity index (χ4v) is 1.64. The molecule has 0 radical (unpaired) electrons. The highest BCUT2D eigenvalue weighted by Gasteiger charge is 2.17. The number of benzene rings is 1. The van der Waals surface area contributed by atoms with Crippen LogP contribution < -0.4 is 10.6 Å². The van der Waals surface area contributed by atoms with Gasteiger partial charge in [0.2, 0.25) is 0 Å². The van der Waals surface area contributed by atoms with Gasteiger partial charge >= 0.3 is 18.2 Å². The summed E-state index contributed by atoms with van der Waals surface area (Å²) in [5, 5.41) is 4.42. The number of nitrogens with one attached hydrogen (secondary N) is 2. The Morgan fingerprint density at radius 3 is 2.12 bits per heavy atom. The molecule has 0 aliphatic heterocycles. The lowest BCUT2D eigenvalue weighted by Crippen LogP contribution is -2.34. The lowest BCUT2D eigenvalue weighted by Gasteiger charge is -2.19. The molecule has 0 aliphatic carbocycles. The van der Waals surface area contributed by atoms with Crippen LogP contribution in [-0.4, -0.2) is 42.9 Å². The minimum atomic E-state index is -0.911. The Kier molecular flexibility index (Phi) is 7.57. The van der Waals surface area contributed by atoms with E-state index in [0.717, 1.165) is 0 Å². The van der Waals surface area contributed by atoms with E-state index < -0.39 is 36.3 Å². The molecule has 0 atom stereocenters. The first-order chi connectivity index (χ1) is 12.1. The van der Waals surface area contributed by atoms with E-state index in [2.05, 4.69) is 10.1 Å². The first kappa shape index (κ1) is 20.9. The van der Waals surface area contributed by atoms with Gasteiger partial charge in [0.05, 0.1) is 12.2 Å². The predicted octanol–water partition coefficient (Wildman–Crippen LogP) is 2.46. The monoisotopic (exact) mass is 366 g/mol. The summed E-state index contributed by atoms with van der Waals surface area (Å²) in [6, 6.07) is 5.80. The molecule has 1 aromatic rings. The molecule has 3 amide bonds. The molecule has 0 unspecified atom stereocenters.